The Morgan fingerprint density at radius 2 is 2.04 bits per heavy atom. The molecule has 0 aromatic carbocycles. The van der Waals surface area contributed by atoms with E-state index in [4.69, 9.17) is 0 Å². The van der Waals surface area contributed by atoms with E-state index in [0.717, 1.165) is 11.1 Å². The second-order valence-corrected chi connectivity index (χ2v) is 7.11. The zero-order valence-electron chi connectivity index (χ0n) is 14.9. The molecule has 136 valence electrons. The molecule has 0 radical (unpaired) electrons. The molecular formula is C17H29F2N5. The zero-order chi connectivity index (χ0) is 17.6. The van der Waals surface area contributed by atoms with E-state index in [1.54, 1.807) is 7.05 Å². The van der Waals surface area contributed by atoms with E-state index in [1.807, 2.05) is 0 Å². The number of nitrogens with zero attached hydrogens (tertiary/aromatic N) is 3. The van der Waals surface area contributed by atoms with Crippen molar-refractivity contribution in [1.29, 1.82) is 0 Å². The van der Waals surface area contributed by atoms with E-state index < -0.39 is 6.55 Å². The summed E-state index contributed by atoms with van der Waals surface area (Å²) >= 11 is 0. The van der Waals surface area contributed by atoms with Crippen molar-refractivity contribution >= 4 is 5.96 Å². The highest BCUT2D eigenvalue weighted by Crippen LogP contribution is 2.42. The van der Waals surface area contributed by atoms with Crippen LogP contribution in [0.4, 0.5) is 8.78 Å². The summed E-state index contributed by atoms with van der Waals surface area (Å²) < 4.78 is 26.5. The van der Waals surface area contributed by atoms with E-state index in [1.165, 1.54) is 44.5 Å². The highest BCUT2D eigenvalue weighted by atomic mass is 19.3. The van der Waals surface area contributed by atoms with Gasteiger partial charge >= 0.3 is 6.55 Å². The second-order valence-electron chi connectivity index (χ2n) is 7.11. The number of rotatable bonds is 7. The van der Waals surface area contributed by atoms with Crippen molar-refractivity contribution in [1.82, 2.24) is 20.2 Å². The average molecular weight is 341 g/mol. The molecule has 1 heterocycles. The molecule has 2 rings (SSSR count). The molecule has 0 bridgehead atoms. The molecule has 0 unspecified atom stereocenters. The highest BCUT2D eigenvalue weighted by molar-refractivity contribution is 5.79. The van der Waals surface area contributed by atoms with Gasteiger partial charge in [-0.2, -0.15) is 8.78 Å². The first kappa shape index (κ1) is 18.7. The summed E-state index contributed by atoms with van der Waals surface area (Å²) in [5.74, 6) is 1.60. The molecule has 0 spiro atoms. The predicted octanol–water partition coefficient (Wildman–Crippen LogP) is 3.55. The lowest BCUT2D eigenvalue weighted by atomic mass is 9.78. The summed E-state index contributed by atoms with van der Waals surface area (Å²) in [7, 11) is 1.69. The first-order chi connectivity index (χ1) is 11.5. The SMILES string of the molecule is CN=C(NCc1nccn1C(F)F)NCC1(CC(C)C)CCCC1. The van der Waals surface area contributed by atoms with Crippen molar-refractivity contribution in [2.24, 2.45) is 16.3 Å². The van der Waals surface area contributed by atoms with Gasteiger partial charge in [-0.3, -0.25) is 9.56 Å². The average Bonchev–Trinajstić information content (AvgIpc) is 3.16. The zero-order valence-corrected chi connectivity index (χ0v) is 14.9. The van der Waals surface area contributed by atoms with Crippen LogP contribution in [0, 0.1) is 11.3 Å². The Morgan fingerprint density at radius 3 is 2.62 bits per heavy atom. The van der Waals surface area contributed by atoms with Crippen LogP contribution in [0.2, 0.25) is 0 Å². The molecule has 0 saturated heterocycles. The van der Waals surface area contributed by atoms with E-state index in [2.05, 4.69) is 34.5 Å². The number of nitrogens with one attached hydrogen (secondary N) is 2. The molecule has 7 heteroatoms. The van der Waals surface area contributed by atoms with Gasteiger partial charge in [0.25, 0.3) is 0 Å². The maximum Gasteiger partial charge on any atom is 0.319 e. The van der Waals surface area contributed by atoms with Crippen LogP contribution in [0.25, 0.3) is 0 Å². The summed E-state index contributed by atoms with van der Waals surface area (Å²) in [6.45, 7) is 3.03. The lowest BCUT2D eigenvalue weighted by Gasteiger charge is -2.31. The Labute approximate surface area is 142 Å². The number of aromatic nitrogens is 2. The third-order valence-corrected chi connectivity index (χ3v) is 4.73. The Kier molecular flexibility index (Phi) is 6.57. The van der Waals surface area contributed by atoms with Gasteiger partial charge in [-0.25, -0.2) is 4.98 Å². The third-order valence-electron chi connectivity index (χ3n) is 4.73. The number of guanidine groups is 1. The van der Waals surface area contributed by atoms with Gasteiger partial charge in [0.1, 0.15) is 5.82 Å². The van der Waals surface area contributed by atoms with E-state index in [9.17, 15) is 8.78 Å². The van der Waals surface area contributed by atoms with Crippen LogP contribution in [-0.4, -0.2) is 29.1 Å². The van der Waals surface area contributed by atoms with Gasteiger partial charge in [0, 0.05) is 26.0 Å². The topological polar surface area (TPSA) is 54.2 Å². The van der Waals surface area contributed by atoms with Crippen LogP contribution in [0.5, 0.6) is 0 Å². The minimum absolute atomic E-state index is 0.216. The number of halogens is 2. The van der Waals surface area contributed by atoms with Gasteiger partial charge in [0.05, 0.1) is 6.54 Å². The minimum atomic E-state index is -2.58. The first-order valence-electron chi connectivity index (χ1n) is 8.70. The fraction of sp³-hybridized carbons (Fsp3) is 0.765. The van der Waals surface area contributed by atoms with Gasteiger partial charge in [-0.1, -0.05) is 26.7 Å². The van der Waals surface area contributed by atoms with Crippen LogP contribution < -0.4 is 10.6 Å². The molecule has 2 N–H and O–H groups in total. The Hall–Kier alpha value is -1.66. The number of hydrogen-bond donors (Lipinski definition) is 2. The first-order valence-corrected chi connectivity index (χ1v) is 8.70. The van der Waals surface area contributed by atoms with Crippen LogP contribution in [-0.2, 0) is 6.54 Å². The largest absolute Gasteiger partial charge is 0.356 e. The highest BCUT2D eigenvalue weighted by Gasteiger charge is 2.34. The minimum Gasteiger partial charge on any atom is -0.356 e. The van der Waals surface area contributed by atoms with E-state index in [-0.39, 0.29) is 6.54 Å². The molecular weight excluding hydrogens is 312 g/mol. The van der Waals surface area contributed by atoms with Crippen LogP contribution in [0.15, 0.2) is 17.4 Å². The molecule has 1 aromatic rings. The molecule has 0 aliphatic heterocycles. The van der Waals surface area contributed by atoms with E-state index in [0.29, 0.717) is 23.1 Å². The Morgan fingerprint density at radius 1 is 1.33 bits per heavy atom. The van der Waals surface area contributed by atoms with Crippen LogP contribution in [0.3, 0.4) is 0 Å². The summed E-state index contributed by atoms with van der Waals surface area (Å²) in [5, 5.41) is 6.47. The van der Waals surface area contributed by atoms with Gasteiger partial charge < -0.3 is 10.6 Å². The van der Waals surface area contributed by atoms with Crippen LogP contribution >= 0.6 is 0 Å². The molecule has 1 aliphatic rings. The molecule has 0 atom stereocenters. The molecule has 5 nitrogen and oxygen atoms in total. The molecule has 1 aliphatic carbocycles. The summed E-state index contributed by atoms with van der Waals surface area (Å²) in [6, 6.07) is 0. The Bertz CT molecular complexity index is 533. The summed E-state index contributed by atoms with van der Waals surface area (Å²) in [5.41, 5.74) is 0.327. The van der Waals surface area contributed by atoms with Gasteiger partial charge in [-0.15, -0.1) is 0 Å². The predicted molar refractivity (Wildman–Crippen MR) is 92.0 cm³/mol. The molecule has 1 aromatic heterocycles. The number of aliphatic imine (C=N–C) groups is 1. The van der Waals surface area contributed by atoms with Crippen LogP contribution in [0.1, 0.15) is 58.3 Å². The maximum atomic E-state index is 12.8. The smallest absolute Gasteiger partial charge is 0.319 e. The second kappa shape index (κ2) is 8.44. The van der Waals surface area contributed by atoms with Gasteiger partial charge in [0.2, 0.25) is 0 Å². The quantitative estimate of drug-likeness (QED) is 0.589. The number of hydrogen-bond acceptors (Lipinski definition) is 2. The normalized spacial score (nSPS) is 17.7. The lowest BCUT2D eigenvalue weighted by molar-refractivity contribution is 0.0668. The van der Waals surface area contributed by atoms with Crippen molar-refractivity contribution in [3.8, 4) is 0 Å². The number of imidazole rings is 1. The fourth-order valence-electron chi connectivity index (χ4n) is 3.76. The summed E-state index contributed by atoms with van der Waals surface area (Å²) in [4.78, 5) is 8.18. The number of alkyl halides is 2. The summed E-state index contributed by atoms with van der Waals surface area (Å²) in [6.07, 6.45) is 8.92. The fourth-order valence-corrected chi connectivity index (χ4v) is 3.76. The molecule has 24 heavy (non-hydrogen) atoms. The maximum absolute atomic E-state index is 12.8. The molecule has 0 amide bonds. The van der Waals surface area contributed by atoms with Crippen molar-refractivity contribution in [2.75, 3.05) is 13.6 Å². The monoisotopic (exact) mass is 341 g/mol. The molecule has 1 fully saturated rings. The molecule has 1 saturated carbocycles. The van der Waals surface area contributed by atoms with Gasteiger partial charge in [-0.05, 0) is 30.6 Å². The third kappa shape index (κ3) is 4.92. The Balaban J connectivity index is 1.89. The standard InChI is InChI=1S/C17H29F2N5/c1-13(2)10-17(6-4-5-7-17)12-23-16(20-3)22-11-14-21-8-9-24(14)15(18)19/h8-9,13,15H,4-7,10-12H2,1-3H3,(H2,20,22,23). The van der Waals surface area contributed by atoms with Crippen molar-refractivity contribution in [2.45, 2.75) is 59.0 Å². The van der Waals surface area contributed by atoms with E-state index >= 15 is 0 Å². The lowest BCUT2D eigenvalue weighted by Crippen LogP contribution is -2.43. The van der Waals surface area contributed by atoms with Crippen molar-refractivity contribution in [3.63, 3.8) is 0 Å². The van der Waals surface area contributed by atoms with Crippen molar-refractivity contribution in [3.05, 3.63) is 18.2 Å². The van der Waals surface area contributed by atoms with Gasteiger partial charge in [0.15, 0.2) is 5.96 Å². The van der Waals surface area contributed by atoms with Crippen molar-refractivity contribution < 1.29 is 8.78 Å².